The monoisotopic (exact) mass is 378 g/mol. The van der Waals surface area contributed by atoms with Crippen molar-refractivity contribution in [2.75, 3.05) is 22.6 Å². The van der Waals surface area contributed by atoms with Crippen LogP contribution in [0.5, 0.6) is 0 Å². The molecule has 0 saturated carbocycles. The Morgan fingerprint density at radius 3 is 2.59 bits per heavy atom. The number of amides is 1. The van der Waals surface area contributed by atoms with E-state index in [1.807, 2.05) is 11.8 Å². The second kappa shape index (κ2) is 5.63. The number of anilines is 2. The molecule has 2 rings (SSSR count). The van der Waals surface area contributed by atoms with Crippen LogP contribution in [0.1, 0.15) is 6.42 Å². The first kappa shape index (κ1) is 13.2. The van der Waals surface area contributed by atoms with Gasteiger partial charge in [-0.05, 0) is 56.2 Å². The zero-order valence-electron chi connectivity index (χ0n) is 9.00. The van der Waals surface area contributed by atoms with Crippen LogP contribution in [-0.4, -0.2) is 17.4 Å². The molecule has 1 amide bonds. The average molecular weight is 380 g/mol. The van der Waals surface area contributed by atoms with Gasteiger partial charge in [0.1, 0.15) is 0 Å². The molecule has 92 valence electrons. The van der Waals surface area contributed by atoms with E-state index in [1.165, 1.54) is 0 Å². The molecule has 1 heterocycles. The topological polar surface area (TPSA) is 55.1 Å². The Morgan fingerprint density at radius 1 is 1.41 bits per heavy atom. The van der Waals surface area contributed by atoms with Gasteiger partial charge >= 0.3 is 0 Å². The molecule has 6 heteroatoms. The van der Waals surface area contributed by atoms with Crippen LogP contribution in [0, 0.1) is 5.92 Å². The van der Waals surface area contributed by atoms with Gasteiger partial charge in [-0.2, -0.15) is 11.8 Å². The maximum Gasteiger partial charge on any atom is 0.228 e. The van der Waals surface area contributed by atoms with Crippen LogP contribution in [0.25, 0.3) is 0 Å². The molecule has 0 aromatic heterocycles. The minimum atomic E-state index is 0.0844. The second-order valence-corrected chi connectivity index (χ2v) is 6.77. The number of halogens is 2. The van der Waals surface area contributed by atoms with Gasteiger partial charge in [-0.15, -0.1) is 0 Å². The van der Waals surface area contributed by atoms with Crippen molar-refractivity contribution in [3.63, 3.8) is 0 Å². The van der Waals surface area contributed by atoms with E-state index in [4.69, 9.17) is 5.73 Å². The number of nitrogens with two attached hydrogens (primary N) is 1. The Balaban J connectivity index is 2.15. The number of nitrogens with one attached hydrogen (secondary N) is 1. The van der Waals surface area contributed by atoms with Crippen LogP contribution in [0.3, 0.4) is 0 Å². The summed E-state index contributed by atoms with van der Waals surface area (Å²) in [7, 11) is 0. The van der Waals surface area contributed by atoms with Crippen molar-refractivity contribution >= 4 is 60.9 Å². The summed E-state index contributed by atoms with van der Waals surface area (Å²) in [4.78, 5) is 12.0. The maximum absolute atomic E-state index is 12.0. The summed E-state index contributed by atoms with van der Waals surface area (Å²) in [6.45, 7) is 0. The lowest BCUT2D eigenvalue weighted by molar-refractivity contribution is -0.119. The van der Waals surface area contributed by atoms with E-state index in [-0.39, 0.29) is 11.8 Å². The maximum atomic E-state index is 12.0. The summed E-state index contributed by atoms with van der Waals surface area (Å²) in [5, 5.41) is 2.95. The Bertz CT molecular complexity index is 424. The van der Waals surface area contributed by atoms with E-state index in [0.717, 1.165) is 32.6 Å². The molecule has 1 unspecified atom stereocenters. The molecule has 1 atom stereocenters. The van der Waals surface area contributed by atoms with Crippen molar-refractivity contribution in [1.29, 1.82) is 0 Å². The fraction of sp³-hybridized carbons (Fsp3) is 0.364. The van der Waals surface area contributed by atoms with Crippen molar-refractivity contribution in [2.24, 2.45) is 5.92 Å². The summed E-state index contributed by atoms with van der Waals surface area (Å²) < 4.78 is 1.59. The first-order valence-corrected chi connectivity index (χ1v) is 7.95. The summed E-state index contributed by atoms with van der Waals surface area (Å²) in [6.07, 6.45) is 0.959. The highest BCUT2D eigenvalue weighted by molar-refractivity contribution is 9.11. The normalized spacial score (nSPS) is 19.3. The number of benzene rings is 1. The zero-order valence-corrected chi connectivity index (χ0v) is 13.0. The molecule has 1 aliphatic rings. The van der Waals surface area contributed by atoms with Gasteiger partial charge in [0.15, 0.2) is 0 Å². The van der Waals surface area contributed by atoms with Crippen LogP contribution in [0.4, 0.5) is 11.4 Å². The number of thioether (sulfide) groups is 1. The molecule has 3 N–H and O–H groups in total. The third-order valence-corrected chi connectivity index (χ3v) is 5.03. The van der Waals surface area contributed by atoms with E-state index in [0.29, 0.717) is 5.69 Å². The molecule has 1 aliphatic heterocycles. The van der Waals surface area contributed by atoms with Crippen LogP contribution >= 0.6 is 43.6 Å². The quantitative estimate of drug-likeness (QED) is 0.773. The molecule has 0 bridgehead atoms. The van der Waals surface area contributed by atoms with Crippen LogP contribution in [-0.2, 0) is 4.79 Å². The standard InChI is InChI=1S/C11H12Br2N2OS/c12-8-3-7(14)4-9(13)10(8)15-11(16)6-1-2-17-5-6/h3-4,6H,1-2,5,14H2,(H,15,16). The lowest BCUT2D eigenvalue weighted by atomic mass is 10.1. The van der Waals surface area contributed by atoms with Crippen molar-refractivity contribution in [2.45, 2.75) is 6.42 Å². The predicted molar refractivity (Wildman–Crippen MR) is 80.3 cm³/mol. The minimum absolute atomic E-state index is 0.0844. The minimum Gasteiger partial charge on any atom is -0.399 e. The third kappa shape index (κ3) is 3.17. The molecule has 3 nitrogen and oxygen atoms in total. The summed E-state index contributed by atoms with van der Waals surface area (Å²) in [5.41, 5.74) is 7.11. The van der Waals surface area contributed by atoms with E-state index in [1.54, 1.807) is 12.1 Å². The van der Waals surface area contributed by atoms with Crippen LogP contribution < -0.4 is 11.1 Å². The SMILES string of the molecule is Nc1cc(Br)c(NC(=O)C2CCSC2)c(Br)c1. The van der Waals surface area contributed by atoms with Gasteiger partial charge in [-0.3, -0.25) is 4.79 Å². The van der Waals surface area contributed by atoms with E-state index >= 15 is 0 Å². The van der Waals surface area contributed by atoms with Crippen molar-refractivity contribution in [3.8, 4) is 0 Å². The van der Waals surface area contributed by atoms with E-state index in [9.17, 15) is 4.79 Å². The first-order chi connectivity index (χ1) is 8.08. The van der Waals surface area contributed by atoms with Gasteiger partial charge in [-0.25, -0.2) is 0 Å². The van der Waals surface area contributed by atoms with Gasteiger partial charge < -0.3 is 11.1 Å². The third-order valence-electron chi connectivity index (χ3n) is 2.61. The number of hydrogen-bond donors (Lipinski definition) is 2. The van der Waals surface area contributed by atoms with Gasteiger partial charge in [0.25, 0.3) is 0 Å². The van der Waals surface area contributed by atoms with Gasteiger partial charge in [0, 0.05) is 26.3 Å². The number of carbonyl (C=O) groups excluding carboxylic acids is 1. The average Bonchev–Trinajstić information content (AvgIpc) is 2.76. The van der Waals surface area contributed by atoms with Gasteiger partial charge in [0.2, 0.25) is 5.91 Å². The largest absolute Gasteiger partial charge is 0.399 e. The lowest BCUT2D eigenvalue weighted by Crippen LogP contribution is -2.22. The van der Waals surface area contributed by atoms with Crippen molar-refractivity contribution in [3.05, 3.63) is 21.1 Å². The number of rotatable bonds is 2. The molecule has 1 aromatic rings. The molecule has 1 saturated heterocycles. The number of hydrogen-bond acceptors (Lipinski definition) is 3. The van der Waals surface area contributed by atoms with Crippen LogP contribution in [0.15, 0.2) is 21.1 Å². The lowest BCUT2D eigenvalue weighted by Gasteiger charge is -2.13. The highest BCUT2D eigenvalue weighted by Gasteiger charge is 2.24. The van der Waals surface area contributed by atoms with E-state index < -0.39 is 0 Å². The molecule has 1 aromatic carbocycles. The molecule has 0 aliphatic carbocycles. The molecule has 17 heavy (non-hydrogen) atoms. The summed E-state index contributed by atoms with van der Waals surface area (Å²) in [6, 6.07) is 3.56. The molecule has 1 fully saturated rings. The number of carbonyl (C=O) groups is 1. The van der Waals surface area contributed by atoms with Gasteiger partial charge in [-0.1, -0.05) is 0 Å². The first-order valence-electron chi connectivity index (χ1n) is 5.21. The van der Waals surface area contributed by atoms with Gasteiger partial charge in [0.05, 0.1) is 5.69 Å². The smallest absolute Gasteiger partial charge is 0.228 e. The highest BCUT2D eigenvalue weighted by Crippen LogP contribution is 2.34. The fourth-order valence-corrected chi connectivity index (χ4v) is 4.32. The van der Waals surface area contributed by atoms with Crippen LogP contribution in [0.2, 0.25) is 0 Å². The van der Waals surface area contributed by atoms with E-state index in [2.05, 4.69) is 37.2 Å². The highest BCUT2D eigenvalue weighted by atomic mass is 79.9. The zero-order chi connectivity index (χ0) is 12.4. The molecule has 0 radical (unpaired) electrons. The fourth-order valence-electron chi connectivity index (χ4n) is 1.68. The summed E-state index contributed by atoms with van der Waals surface area (Å²) >= 11 is 8.64. The number of nitrogen functional groups attached to an aromatic ring is 1. The second-order valence-electron chi connectivity index (χ2n) is 3.91. The molecule has 0 spiro atoms. The van der Waals surface area contributed by atoms with Crippen molar-refractivity contribution in [1.82, 2.24) is 0 Å². The predicted octanol–water partition coefficient (Wildman–Crippen LogP) is 3.49. The Labute approximate surface area is 121 Å². The Hall–Kier alpha value is -0.200. The Kier molecular flexibility index (Phi) is 4.38. The Morgan fingerprint density at radius 2 is 2.06 bits per heavy atom. The molecular weight excluding hydrogens is 368 g/mol. The summed E-state index contributed by atoms with van der Waals surface area (Å²) in [5.74, 6) is 2.19. The van der Waals surface area contributed by atoms with Crippen molar-refractivity contribution < 1.29 is 4.79 Å². The molecular formula is C11H12Br2N2OS.